The zero-order valence-electron chi connectivity index (χ0n) is 11.9. The smallest absolute Gasteiger partial charge is 0.0740 e. The van der Waals surface area contributed by atoms with Gasteiger partial charge >= 0.3 is 0 Å². The molecule has 0 spiro atoms. The number of benzene rings is 1. The Morgan fingerprint density at radius 2 is 1.37 bits per heavy atom. The molecule has 3 rings (SSSR count). The Kier molecular flexibility index (Phi) is 3.08. The third-order valence-corrected chi connectivity index (χ3v) is 4.34. The van der Waals surface area contributed by atoms with Crippen LogP contribution in [0, 0.1) is 29.6 Å². The summed E-state index contributed by atoms with van der Waals surface area (Å²) < 4.78 is 0. The molecule has 0 aliphatic heterocycles. The van der Waals surface area contributed by atoms with E-state index in [0.29, 0.717) is 0 Å². The molecule has 0 bridgehead atoms. The van der Waals surface area contributed by atoms with E-state index >= 15 is 0 Å². The van der Waals surface area contributed by atoms with Crippen LogP contribution in [-0.4, -0.2) is 4.98 Å². The van der Waals surface area contributed by atoms with Crippen LogP contribution in [0.15, 0.2) is 36.5 Å². The van der Waals surface area contributed by atoms with Crippen LogP contribution in [0.25, 0.3) is 10.9 Å². The number of nitrogens with zero attached hydrogens (tertiary/aromatic N) is 1. The Bertz CT molecular complexity index is 570. The fraction of sp³-hybridized carbons (Fsp3) is 0.222. The summed E-state index contributed by atoms with van der Waals surface area (Å²) in [5, 5.41) is 1.20. The van der Waals surface area contributed by atoms with E-state index < -0.39 is 0 Å². The number of aromatic nitrogens is 1. The second-order valence-corrected chi connectivity index (χ2v) is 5.26. The van der Waals surface area contributed by atoms with E-state index in [1.54, 1.807) is 0 Å². The van der Waals surface area contributed by atoms with Gasteiger partial charge in [-0.15, -0.1) is 0 Å². The highest BCUT2D eigenvalue weighted by Gasteiger charge is 2.44. The Labute approximate surface area is 116 Å². The quantitative estimate of drug-likeness (QED) is 0.721. The normalized spacial score (nSPS) is 20.6. The van der Waals surface area contributed by atoms with Crippen molar-refractivity contribution in [1.29, 1.82) is 0 Å². The third kappa shape index (κ3) is 1.87. The molecule has 1 aromatic heterocycles. The van der Waals surface area contributed by atoms with Crippen LogP contribution >= 0.6 is 0 Å². The molecule has 0 unspecified atom stereocenters. The summed E-state index contributed by atoms with van der Waals surface area (Å²) in [6, 6.07) is 10.5. The number of rotatable bonds is 1. The highest BCUT2D eigenvalue weighted by molar-refractivity contribution is 5.86. The van der Waals surface area contributed by atoms with E-state index in [0.717, 1.165) is 5.52 Å². The highest BCUT2D eigenvalue weighted by atomic mass is 14.7. The Morgan fingerprint density at radius 1 is 0.737 bits per heavy atom. The molecule has 1 saturated carbocycles. The van der Waals surface area contributed by atoms with Crippen LogP contribution in [0.3, 0.4) is 0 Å². The van der Waals surface area contributed by atoms with Crippen LogP contribution in [0.4, 0.5) is 0 Å². The first-order chi connectivity index (χ1) is 9.11. The molecule has 1 aromatic carbocycles. The van der Waals surface area contributed by atoms with Crippen LogP contribution in [0.1, 0.15) is 33.3 Å². The topological polar surface area (TPSA) is 12.9 Å². The van der Waals surface area contributed by atoms with Crippen molar-refractivity contribution >= 4 is 10.9 Å². The molecule has 0 amide bonds. The van der Waals surface area contributed by atoms with Crippen molar-refractivity contribution in [3.05, 3.63) is 71.7 Å². The molecule has 95 valence electrons. The fourth-order valence-corrected chi connectivity index (χ4v) is 2.93. The minimum Gasteiger partial charge on any atom is -0.256 e. The lowest BCUT2D eigenvalue weighted by molar-refractivity contribution is 0.973. The molecule has 1 aliphatic carbocycles. The summed E-state index contributed by atoms with van der Waals surface area (Å²) in [7, 11) is 0. The van der Waals surface area contributed by atoms with Gasteiger partial charge in [0, 0.05) is 17.5 Å². The maximum absolute atomic E-state index is 4.58. The first kappa shape index (κ1) is 12.7. The van der Waals surface area contributed by atoms with Gasteiger partial charge in [0.2, 0.25) is 0 Å². The van der Waals surface area contributed by atoms with Gasteiger partial charge in [0.15, 0.2) is 0 Å². The average Bonchev–Trinajstić information content (AvgIpc) is 2.63. The van der Waals surface area contributed by atoms with E-state index in [9.17, 15) is 0 Å². The summed E-state index contributed by atoms with van der Waals surface area (Å²) in [6.45, 7) is 8.85. The molecule has 5 radical (unpaired) electrons. The Balaban J connectivity index is 2.15. The Morgan fingerprint density at radius 3 is 2.05 bits per heavy atom. The summed E-state index contributed by atoms with van der Waals surface area (Å²) in [5.41, 5.74) is 2.35. The molecule has 2 aromatic rings. The molecule has 1 fully saturated rings. The zero-order valence-corrected chi connectivity index (χ0v) is 11.9. The van der Waals surface area contributed by atoms with Gasteiger partial charge in [0.05, 0.1) is 5.52 Å². The van der Waals surface area contributed by atoms with Crippen molar-refractivity contribution in [3.63, 3.8) is 0 Å². The summed E-state index contributed by atoms with van der Waals surface area (Å²) in [5.74, 6) is 6.93. The van der Waals surface area contributed by atoms with Gasteiger partial charge in [0.1, 0.15) is 0 Å². The van der Waals surface area contributed by atoms with Gasteiger partial charge in [-0.25, -0.2) is 0 Å². The Hall–Kier alpha value is -1.37. The number of hydrogen-bond donors (Lipinski definition) is 0. The minimum atomic E-state index is 1.10. The second kappa shape index (κ2) is 4.63. The van der Waals surface area contributed by atoms with Crippen LogP contribution in [0.2, 0.25) is 0 Å². The van der Waals surface area contributed by atoms with Crippen molar-refractivity contribution in [3.8, 4) is 0 Å². The molecular formula is C18H18N. The van der Waals surface area contributed by atoms with Gasteiger partial charge in [0.25, 0.3) is 0 Å². The third-order valence-electron chi connectivity index (χ3n) is 4.34. The lowest BCUT2D eigenvalue weighted by Gasteiger charge is -2.21. The van der Waals surface area contributed by atoms with Crippen LogP contribution in [-0.2, 0) is 0 Å². The lowest BCUT2D eigenvalue weighted by Crippen LogP contribution is -2.09. The van der Waals surface area contributed by atoms with E-state index in [2.05, 4.69) is 56.9 Å². The summed E-state index contributed by atoms with van der Waals surface area (Å²) >= 11 is 0. The molecule has 0 atom stereocenters. The first-order valence-electron chi connectivity index (χ1n) is 6.68. The van der Waals surface area contributed by atoms with Gasteiger partial charge in [-0.05, 0) is 35.3 Å². The highest BCUT2D eigenvalue weighted by Crippen LogP contribution is 2.55. The molecule has 1 heterocycles. The largest absolute Gasteiger partial charge is 0.256 e. The molecular weight excluding hydrogens is 230 g/mol. The van der Waals surface area contributed by atoms with Crippen molar-refractivity contribution in [2.75, 3.05) is 0 Å². The van der Waals surface area contributed by atoms with Crippen molar-refractivity contribution < 1.29 is 0 Å². The standard InChI is InChI=1S/C18H18N/c1-11-12(2)14(4)17(13(11)3)16-9-5-7-15-8-6-10-19-18(15)16/h5-10H,1-4H3. The number of hydrogen-bond acceptors (Lipinski definition) is 1. The molecule has 1 heteroatoms. The van der Waals surface area contributed by atoms with E-state index in [4.69, 9.17) is 0 Å². The van der Waals surface area contributed by atoms with E-state index in [1.807, 2.05) is 12.3 Å². The predicted molar refractivity (Wildman–Crippen MR) is 79.8 cm³/mol. The van der Waals surface area contributed by atoms with Gasteiger partial charge in [-0.3, -0.25) is 4.98 Å². The average molecular weight is 248 g/mol. The number of fused-ring (bicyclic) bond motifs is 1. The molecule has 0 N–H and O–H groups in total. The molecule has 1 nitrogen and oxygen atoms in total. The minimum absolute atomic E-state index is 1.10. The number of para-hydroxylation sites is 1. The maximum Gasteiger partial charge on any atom is 0.0740 e. The molecule has 1 aliphatic rings. The summed E-state index contributed by atoms with van der Waals surface area (Å²) in [4.78, 5) is 4.58. The van der Waals surface area contributed by atoms with Crippen LogP contribution in [0.5, 0.6) is 0 Å². The molecule has 19 heavy (non-hydrogen) atoms. The van der Waals surface area contributed by atoms with Gasteiger partial charge < -0.3 is 0 Å². The lowest BCUT2D eigenvalue weighted by atomic mass is 9.82. The fourth-order valence-electron chi connectivity index (χ4n) is 2.93. The van der Waals surface area contributed by atoms with E-state index in [1.165, 1.54) is 40.5 Å². The van der Waals surface area contributed by atoms with Crippen molar-refractivity contribution in [2.45, 2.75) is 27.7 Å². The monoisotopic (exact) mass is 248 g/mol. The first-order valence-corrected chi connectivity index (χ1v) is 6.68. The van der Waals surface area contributed by atoms with Gasteiger partial charge in [-0.2, -0.15) is 0 Å². The molecule has 0 saturated heterocycles. The summed E-state index contributed by atoms with van der Waals surface area (Å²) in [6.07, 6.45) is 1.87. The van der Waals surface area contributed by atoms with Crippen molar-refractivity contribution in [2.24, 2.45) is 0 Å². The number of pyridine rings is 1. The van der Waals surface area contributed by atoms with Crippen LogP contribution < -0.4 is 0 Å². The van der Waals surface area contributed by atoms with E-state index in [-0.39, 0.29) is 0 Å². The SMILES string of the molecule is C[C]1[C](C)[C](C)[C](c2cccc3cccnc23)[C]1C. The van der Waals surface area contributed by atoms with Gasteiger partial charge in [-0.1, -0.05) is 52.0 Å². The zero-order chi connectivity index (χ0) is 13.6. The van der Waals surface area contributed by atoms with Crippen molar-refractivity contribution in [1.82, 2.24) is 4.98 Å². The maximum atomic E-state index is 4.58. The second-order valence-electron chi connectivity index (χ2n) is 5.26. The predicted octanol–water partition coefficient (Wildman–Crippen LogP) is 4.55.